The van der Waals surface area contributed by atoms with Crippen molar-refractivity contribution in [1.82, 2.24) is 14.7 Å². The summed E-state index contributed by atoms with van der Waals surface area (Å²) in [5.74, 6) is 0.732. The van der Waals surface area contributed by atoms with Gasteiger partial charge in [0.2, 0.25) is 0 Å². The number of para-hydroxylation sites is 1. The fourth-order valence-corrected chi connectivity index (χ4v) is 3.22. The van der Waals surface area contributed by atoms with Crippen molar-refractivity contribution in [1.29, 1.82) is 0 Å². The molecule has 2 N–H and O–H groups in total. The molecule has 0 saturated carbocycles. The van der Waals surface area contributed by atoms with Crippen LogP contribution in [0.3, 0.4) is 0 Å². The van der Waals surface area contributed by atoms with E-state index in [-0.39, 0.29) is 0 Å². The van der Waals surface area contributed by atoms with Crippen LogP contribution in [0.25, 0.3) is 5.69 Å². The summed E-state index contributed by atoms with van der Waals surface area (Å²) in [4.78, 5) is 2.44. The summed E-state index contributed by atoms with van der Waals surface area (Å²) in [5.41, 5.74) is 11.3. The zero-order chi connectivity index (χ0) is 15.6. The number of nitrogen functional groups attached to an aromatic ring is 1. The quantitative estimate of drug-likeness (QED) is 0.809. The number of rotatable bonds is 3. The molecule has 1 aromatic heterocycles. The lowest BCUT2D eigenvalue weighted by Crippen LogP contribution is -2.30. The van der Waals surface area contributed by atoms with Gasteiger partial charge in [0, 0.05) is 25.2 Å². The van der Waals surface area contributed by atoms with Crippen LogP contribution < -0.4 is 5.73 Å². The summed E-state index contributed by atoms with van der Waals surface area (Å²) in [6.07, 6.45) is 2.99. The van der Waals surface area contributed by atoms with E-state index in [9.17, 15) is 0 Å². The largest absolute Gasteiger partial charge is 0.383 e. The summed E-state index contributed by atoms with van der Waals surface area (Å²) < 4.78 is 1.81. The van der Waals surface area contributed by atoms with Gasteiger partial charge in [0.1, 0.15) is 5.82 Å². The maximum absolute atomic E-state index is 6.32. The third-order valence-corrected chi connectivity index (χ3v) is 4.49. The maximum Gasteiger partial charge on any atom is 0.131 e. The average molecular weight is 304 g/mol. The van der Waals surface area contributed by atoms with Crippen LogP contribution >= 0.6 is 0 Å². The van der Waals surface area contributed by atoms with E-state index in [1.165, 1.54) is 11.1 Å². The number of hydrogen-bond acceptors (Lipinski definition) is 3. The van der Waals surface area contributed by atoms with Gasteiger partial charge < -0.3 is 5.73 Å². The number of hydrogen-bond donors (Lipinski definition) is 1. The minimum absolute atomic E-state index is 0.732. The third-order valence-electron chi connectivity index (χ3n) is 4.49. The summed E-state index contributed by atoms with van der Waals surface area (Å²) >= 11 is 0. The summed E-state index contributed by atoms with van der Waals surface area (Å²) in [5, 5.41) is 4.46. The van der Waals surface area contributed by atoms with Crippen LogP contribution in [-0.2, 0) is 19.5 Å². The summed E-state index contributed by atoms with van der Waals surface area (Å²) in [6, 6.07) is 18.7. The summed E-state index contributed by atoms with van der Waals surface area (Å²) in [7, 11) is 0. The Balaban J connectivity index is 1.54. The normalized spacial score (nSPS) is 14.6. The van der Waals surface area contributed by atoms with Crippen molar-refractivity contribution in [2.75, 3.05) is 12.3 Å². The Labute approximate surface area is 136 Å². The number of nitrogens with zero attached hydrogens (tertiary/aromatic N) is 3. The molecule has 4 rings (SSSR count). The van der Waals surface area contributed by atoms with Crippen molar-refractivity contribution in [2.45, 2.75) is 19.5 Å². The second-order valence-corrected chi connectivity index (χ2v) is 6.03. The van der Waals surface area contributed by atoms with Gasteiger partial charge in [-0.05, 0) is 29.7 Å². The van der Waals surface area contributed by atoms with Gasteiger partial charge in [0.05, 0.1) is 11.9 Å². The lowest BCUT2D eigenvalue weighted by molar-refractivity contribution is 0.246. The molecule has 1 aliphatic rings. The highest BCUT2D eigenvalue weighted by atomic mass is 15.3. The molecule has 0 atom stereocenters. The van der Waals surface area contributed by atoms with Crippen molar-refractivity contribution < 1.29 is 0 Å². The molecule has 0 radical (unpaired) electrons. The van der Waals surface area contributed by atoms with Gasteiger partial charge in [-0.2, -0.15) is 5.10 Å². The van der Waals surface area contributed by atoms with Crippen LogP contribution in [0.5, 0.6) is 0 Å². The molecule has 0 spiro atoms. The Morgan fingerprint density at radius 1 is 0.957 bits per heavy atom. The van der Waals surface area contributed by atoms with Crippen LogP contribution in [0.4, 0.5) is 5.82 Å². The second-order valence-electron chi connectivity index (χ2n) is 6.03. The zero-order valence-corrected chi connectivity index (χ0v) is 13.0. The predicted octanol–water partition coefficient (Wildman–Crippen LogP) is 3.01. The van der Waals surface area contributed by atoms with Crippen LogP contribution in [0.1, 0.15) is 16.7 Å². The Hall–Kier alpha value is -2.59. The average Bonchev–Trinajstić information content (AvgIpc) is 2.96. The Morgan fingerprint density at radius 3 is 2.52 bits per heavy atom. The standard InChI is InChI=1S/C19H20N4/c20-19-17(12-21-23(19)18-8-2-1-3-9-18)14-22-11-10-15-6-4-5-7-16(15)13-22/h1-9,12H,10-11,13-14,20H2. The zero-order valence-electron chi connectivity index (χ0n) is 13.0. The highest BCUT2D eigenvalue weighted by molar-refractivity contribution is 5.47. The number of anilines is 1. The van der Waals surface area contributed by atoms with Gasteiger partial charge in [0.25, 0.3) is 0 Å². The third kappa shape index (κ3) is 2.73. The van der Waals surface area contributed by atoms with Crippen LogP contribution in [-0.4, -0.2) is 21.2 Å². The van der Waals surface area contributed by atoms with Gasteiger partial charge >= 0.3 is 0 Å². The van der Waals surface area contributed by atoms with Crippen molar-refractivity contribution in [3.63, 3.8) is 0 Å². The molecule has 0 fully saturated rings. The molecule has 3 aromatic rings. The molecule has 0 saturated heterocycles. The lowest BCUT2D eigenvalue weighted by Gasteiger charge is -2.28. The van der Waals surface area contributed by atoms with Crippen molar-refractivity contribution in [2.24, 2.45) is 0 Å². The van der Waals surface area contributed by atoms with E-state index in [1.807, 2.05) is 41.2 Å². The Bertz CT molecular complexity index is 807. The van der Waals surface area contributed by atoms with Crippen molar-refractivity contribution >= 4 is 5.82 Å². The molecular formula is C19H20N4. The predicted molar refractivity (Wildman–Crippen MR) is 92.2 cm³/mol. The smallest absolute Gasteiger partial charge is 0.131 e. The number of benzene rings is 2. The molecule has 0 amide bonds. The molecular weight excluding hydrogens is 284 g/mol. The first-order valence-electron chi connectivity index (χ1n) is 7.98. The summed E-state index contributed by atoms with van der Waals surface area (Å²) in [6.45, 7) is 2.88. The number of fused-ring (bicyclic) bond motifs is 1. The SMILES string of the molecule is Nc1c(CN2CCc3ccccc3C2)cnn1-c1ccccc1. The number of nitrogens with two attached hydrogens (primary N) is 1. The van der Waals surface area contributed by atoms with Crippen LogP contribution in [0, 0.1) is 0 Å². The molecule has 0 unspecified atom stereocenters. The van der Waals surface area contributed by atoms with E-state index >= 15 is 0 Å². The van der Waals surface area contributed by atoms with Gasteiger partial charge in [-0.3, -0.25) is 4.90 Å². The maximum atomic E-state index is 6.32. The monoisotopic (exact) mass is 304 g/mol. The fraction of sp³-hybridized carbons (Fsp3) is 0.211. The van der Waals surface area contributed by atoms with Gasteiger partial charge in [0.15, 0.2) is 0 Å². The van der Waals surface area contributed by atoms with E-state index in [2.05, 4.69) is 34.3 Å². The van der Waals surface area contributed by atoms with Gasteiger partial charge in [-0.15, -0.1) is 0 Å². The highest BCUT2D eigenvalue weighted by Gasteiger charge is 2.18. The second kappa shape index (κ2) is 5.89. The topological polar surface area (TPSA) is 47.1 Å². The van der Waals surface area contributed by atoms with E-state index in [0.29, 0.717) is 0 Å². The lowest BCUT2D eigenvalue weighted by atomic mass is 10.00. The Kier molecular flexibility index (Phi) is 3.60. The van der Waals surface area contributed by atoms with Gasteiger partial charge in [-0.25, -0.2) is 4.68 Å². The number of aromatic nitrogens is 2. The molecule has 116 valence electrons. The fourth-order valence-electron chi connectivity index (χ4n) is 3.22. The van der Waals surface area contributed by atoms with E-state index < -0.39 is 0 Å². The van der Waals surface area contributed by atoms with Crippen molar-refractivity contribution in [3.8, 4) is 5.69 Å². The molecule has 2 aromatic carbocycles. The first-order valence-corrected chi connectivity index (χ1v) is 7.98. The molecule has 0 aliphatic carbocycles. The van der Waals surface area contributed by atoms with Crippen LogP contribution in [0.2, 0.25) is 0 Å². The first-order chi connectivity index (χ1) is 11.3. The molecule has 4 nitrogen and oxygen atoms in total. The van der Waals surface area contributed by atoms with E-state index in [4.69, 9.17) is 5.73 Å². The molecule has 4 heteroatoms. The Morgan fingerprint density at radius 2 is 1.70 bits per heavy atom. The molecule has 23 heavy (non-hydrogen) atoms. The minimum atomic E-state index is 0.732. The first kappa shape index (κ1) is 14.0. The van der Waals surface area contributed by atoms with Gasteiger partial charge in [-0.1, -0.05) is 42.5 Å². The van der Waals surface area contributed by atoms with E-state index in [0.717, 1.165) is 43.1 Å². The molecule has 1 aliphatic heterocycles. The van der Waals surface area contributed by atoms with Crippen molar-refractivity contribution in [3.05, 3.63) is 77.5 Å². The minimum Gasteiger partial charge on any atom is -0.383 e. The molecule has 2 heterocycles. The highest BCUT2D eigenvalue weighted by Crippen LogP contribution is 2.23. The van der Waals surface area contributed by atoms with Crippen LogP contribution in [0.15, 0.2) is 60.8 Å². The van der Waals surface area contributed by atoms with E-state index in [1.54, 1.807) is 0 Å². The molecule has 0 bridgehead atoms.